The minimum Gasteiger partial charge on any atom is -0.341 e. The van der Waals surface area contributed by atoms with E-state index in [1.54, 1.807) is 6.92 Å². The van der Waals surface area contributed by atoms with Gasteiger partial charge in [0.2, 0.25) is 11.8 Å². The molecule has 0 radical (unpaired) electrons. The second kappa shape index (κ2) is 8.38. The molecule has 3 atom stereocenters. The Labute approximate surface area is 173 Å². The molecule has 1 aromatic heterocycles. The van der Waals surface area contributed by atoms with Gasteiger partial charge < -0.3 is 9.80 Å². The SMILES string of the molecule is CC(=O)N1CCc2nc([C@H]3CCCN3CC(=O)N3C[C@H](C)C[C@H](C)C3)ncc2C1. The molecule has 2 fully saturated rings. The number of hydrogen-bond acceptors (Lipinski definition) is 5. The minimum absolute atomic E-state index is 0.0987. The Balaban J connectivity index is 1.43. The van der Waals surface area contributed by atoms with Gasteiger partial charge in [0.1, 0.15) is 5.82 Å². The summed E-state index contributed by atoms with van der Waals surface area (Å²) in [6, 6.07) is 0.120. The zero-order valence-electron chi connectivity index (χ0n) is 17.9. The summed E-state index contributed by atoms with van der Waals surface area (Å²) >= 11 is 0. The maximum Gasteiger partial charge on any atom is 0.236 e. The first kappa shape index (κ1) is 20.3. The molecule has 0 N–H and O–H groups in total. The number of piperidine rings is 1. The van der Waals surface area contributed by atoms with Crippen LogP contribution in [0.1, 0.15) is 63.2 Å². The second-order valence-electron chi connectivity index (χ2n) is 9.26. The first-order chi connectivity index (χ1) is 13.9. The van der Waals surface area contributed by atoms with Crippen LogP contribution in [0.15, 0.2) is 6.20 Å². The van der Waals surface area contributed by atoms with Gasteiger partial charge >= 0.3 is 0 Å². The van der Waals surface area contributed by atoms with E-state index in [1.807, 2.05) is 11.1 Å². The third-order valence-corrected chi connectivity index (χ3v) is 6.62. The highest BCUT2D eigenvalue weighted by atomic mass is 16.2. The number of fused-ring (bicyclic) bond motifs is 1. The molecule has 2 amide bonds. The van der Waals surface area contributed by atoms with Crippen LogP contribution in [0.4, 0.5) is 0 Å². The summed E-state index contributed by atoms with van der Waals surface area (Å²) in [7, 11) is 0. The fraction of sp³-hybridized carbons (Fsp3) is 0.727. The van der Waals surface area contributed by atoms with Crippen molar-refractivity contribution in [2.45, 2.75) is 59.0 Å². The van der Waals surface area contributed by atoms with E-state index in [9.17, 15) is 9.59 Å². The highest BCUT2D eigenvalue weighted by Gasteiger charge is 2.33. The molecular formula is C22H33N5O2. The summed E-state index contributed by atoms with van der Waals surface area (Å²) < 4.78 is 0. The molecule has 158 valence electrons. The molecule has 3 aliphatic rings. The number of rotatable bonds is 3. The van der Waals surface area contributed by atoms with Crippen molar-refractivity contribution in [3.8, 4) is 0 Å². The Bertz CT molecular complexity index is 772. The number of carbonyl (C=O) groups is 2. The van der Waals surface area contributed by atoms with Crippen LogP contribution in [-0.4, -0.2) is 69.2 Å². The predicted octanol–water partition coefficient (Wildman–Crippen LogP) is 2.02. The molecule has 4 rings (SSSR count). The smallest absolute Gasteiger partial charge is 0.236 e. The highest BCUT2D eigenvalue weighted by Crippen LogP contribution is 2.31. The number of amides is 2. The first-order valence-electron chi connectivity index (χ1n) is 11.0. The van der Waals surface area contributed by atoms with Crippen LogP contribution in [-0.2, 0) is 22.6 Å². The normalized spacial score (nSPS) is 27.8. The Kier molecular flexibility index (Phi) is 5.86. The van der Waals surface area contributed by atoms with Crippen molar-refractivity contribution in [2.75, 3.05) is 32.7 Å². The van der Waals surface area contributed by atoms with E-state index >= 15 is 0 Å². The third kappa shape index (κ3) is 4.44. The molecule has 3 aliphatic heterocycles. The van der Waals surface area contributed by atoms with Gasteiger partial charge in [-0.1, -0.05) is 13.8 Å². The largest absolute Gasteiger partial charge is 0.341 e. The van der Waals surface area contributed by atoms with Gasteiger partial charge in [0, 0.05) is 51.3 Å². The van der Waals surface area contributed by atoms with Gasteiger partial charge in [-0.3, -0.25) is 14.5 Å². The van der Waals surface area contributed by atoms with Crippen LogP contribution < -0.4 is 0 Å². The molecule has 0 spiro atoms. The van der Waals surface area contributed by atoms with Gasteiger partial charge in [-0.15, -0.1) is 0 Å². The molecule has 0 aliphatic carbocycles. The monoisotopic (exact) mass is 399 g/mol. The van der Waals surface area contributed by atoms with Crippen molar-refractivity contribution < 1.29 is 9.59 Å². The summed E-state index contributed by atoms with van der Waals surface area (Å²) in [6.45, 7) is 10.5. The topological polar surface area (TPSA) is 69.6 Å². The molecule has 7 nitrogen and oxygen atoms in total. The third-order valence-electron chi connectivity index (χ3n) is 6.62. The van der Waals surface area contributed by atoms with Crippen molar-refractivity contribution in [2.24, 2.45) is 11.8 Å². The lowest BCUT2D eigenvalue weighted by molar-refractivity contribution is -0.135. The zero-order chi connectivity index (χ0) is 20.5. The van der Waals surface area contributed by atoms with Gasteiger partial charge in [-0.05, 0) is 37.6 Å². The molecule has 2 saturated heterocycles. The van der Waals surface area contributed by atoms with Crippen LogP contribution in [0.25, 0.3) is 0 Å². The first-order valence-corrected chi connectivity index (χ1v) is 11.0. The summed E-state index contributed by atoms with van der Waals surface area (Å²) in [6.07, 6.45) is 5.95. The van der Waals surface area contributed by atoms with Gasteiger partial charge in [0.15, 0.2) is 0 Å². The fourth-order valence-corrected chi connectivity index (χ4v) is 5.21. The molecule has 4 heterocycles. The van der Waals surface area contributed by atoms with E-state index in [-0.39, 0.29) is 17.9 Å². The predicted molar refractivity (Wildman–Crippen MR) is 110 cm³/mol. The molecular weight excluding hydrogens is 366 g/mol. The zero-order valence-corrected chi connectivity index (χ0v) is 17.9. The van der Waals surface area contributed by atoms with E-state index < -0.39 is 0 Å². The second-order valence-corrected chi connectivity index (χ2v) is 9.26. The summed E-state index contributed by atoms with van der Waals surface area (Å²) in [5.41, 5.74) is 2.11. The summed E-state index contributed by atoms with van der Waals surface area (Å²) in [5.74, 6) is 2.34. The van der Waals surface area contributed by atoms with Crippen LogP contribution >= 0.6 is 0 Å². The lowest BCUT2D eigenvalue weighted by atomic mass is 9.92. The van der Waals surface area contributed by atoms with E-state index in [0.29, 0.717) is 24.9 Å². The molecule has 0 unspecified atom stereocenters. The van der Waals surface area contributed by atoms with Gasteiger partial charge in [-0.2, -0.15) is 0 Å². The molecule has 7 heteroatoms. The summed E-state index contributed by atoms with van der Waals surface area (Å²) in [4.78, 5) is 40.3. The summed E-state index contributed by atoms with van der Waals surface area (Å²) in [5, 5.41) is 0. The molecule has 0 saturated carbocycles. The van der Waals surface area contributed by atoms with Crippen LogP contribution in [0, 0.1) is 11.8 Å². The Hall–Kier alpha value is -2.02. The Morgan fingerprint density at radius 3 is 2.62 bits per heavy atom. The quantitative estimate of drug-likeness (QED) is 0.778. The number of nitrogens with zero attached hydrogens (tertiary/aromatic N) is 5. The van der Waals surface area contributed by atoms with E-state index in [0.717, 1.165) is 62.5 Å². The van der Waals surface area contributed by atoms with Crippen molar-refractivity contribution >= 4 is 11.8 Å². The number of carbonyl (C=O) groups excluding carboxylic acids is 2. The minimum atomic E-state index is 0.0987. The molecule has 0 aromatic carbocycles. The van der Waals surface area contributed by atoms with Crippen molar-refractivity contribution in [3.05, 3.63) is 23.3 Å². The lowest BCUT2D eigenvalue weighted by Gasteiger charge is -2.36. The maximum absolute atomic E-state index is 13.0. The van der Waals surface area contributed by atoms with Crippen molar-refractivity contribution in [1.82, 2.24) is 24.7 Å². The van der Waals surface area contributed by atoms with Crippen molar-refractivity contribution in [3.63, 3.8) is 0 Å². The Morgan fingerprint density at radius 2 is 1.90 bits per heavy atom. The lowest BCUT2D eigenvalue weighted by Crippen LogP contribution is -2.47. The van der Waals surface area contributed by atoms with Crippen LogP contribution in [0.3, 0.4) is 0 Å². The molecule has 0 bridgehead atoms. The van der Waals surface area contributed by atoms with Crippen LogP contribution in [0.2, 0.25) is 0 Å². The number of likely N-dealkylation sites (tertiary alicyclic amines) is 2. The standard InChI is InChI=1S/C22H33N5O2/c1-15-9-16(2)12-27(11-15)21(29)14-26-7-4-5-20(26)22-23-10-18-13-25(17(3)28)8-6-19(18)24-22/h10,15-16,20H,4-9,11-14H2,1-3H3/t15-,16+,20-/m1/s1. The average Bonchev–Trinajstić information content (AvgIpc) is 3.14. The maximum atomic E-state index is 13.0. The number of hydrogen-bond donors (Lipinski definition) is 0. The van der Waals surface area contributed by atoms with Crippen molar-refractivity contribution in [1.29, 1.82) is 0 Å². The Morgan fingerprint density at radius 1 is 1.14 bits per heavy atom. The van der Waals surface area contributed by atoms with E-state index in [1.165, 1.54) is 6.42 Å². The molecule has 1 aromatic rings. The van der Waals surface area contributed by atoms with E-state index in [2.05, 4.69) is 28.6 Å². The van der Waals surface area contributed by atoms with Gasteiger partial charge in [0.25, 0.3) is 0 Å². The highest BCUT2D eigenvalue weighted by molar-refractivity contribution is 5.78. The molecule has 29 heavy (non-hydrogen) atoms. The van der Waals surface area contributed by atoms with Gasteiger partial charge in [0.05, 0.1) is 18.3 Å². The van der Waals surface area contributed by atoms with Crippen LogP contribution in [0.5, 0.6) is 0 Å². The van der Waals surface area contributed by atoms with E-state index in [4.69, 9.17) is 4.98 Å². The average molecular weight is 400 g/mol. The number of aromatic nitrogens is 2. The fourth-order valence-electron chi connectivity index (χ4n) is 5.21. The van der Waals surface area contributed by atoms with Gasteiger partial charge in [-0.25, -0.2) is 9.97 Å².